The fourth-order valence-corrected chi connectivity index (χ4v) is 2.32. The van der Waals surface area contributed by atoms with Crippen LogP contribution < -0.4 is 0 Å². The van der Waals surface area contributed by atoms with Crippen molar-refractivity contribution in [2.24, 2.45) is 0 Å². The summed E-state index contributed by atoms with van der Waals surface area (Å²) in [7, 11) is 0. The molecule has 8 heteroatoms. The summed E-state index contributed by atoms with van der Waals surface area (Å²) in [4.78, 5) is 26.1. The van der Waals surface area contributed by atoms with Crippen LogP contribution in [0.25, 0.3) is 0 Å². The van der Waals surface area contributed by atoms with Gasteiger partial charge in [-0.15, -0.1) is 0 Å². The number of nitrogens with zero attached hydrogens (tertiary/aromatic N) is 4. The largest absolute Gasteiger partial charge is 0.465 e. The predicted molar refractivity (Wildman–Crippen MR) is 61.1 cm³/mol. The highest BCUT2D eigenvalue weighted by Crippen LogP contribution is 2.18. The van der Waals surface area contributed by atoms with Crippen LogP contribution in [0.15, 0.2) is 6.20 Å². The molecule has 8 nitrogen and oxygen atoms in total. The van der Waals surface area contributed by atoms with E-state index in [-0.39, 0.29) is 23.7 Å². The SMILES string of the molecule is C[C@@H]1CN(C(=O)O)C[C@H](C)N1C(=O)c1cn[nH]n1. The third-order valence-corrected chi connectivity index (χ3v) is 3.06. The number of aromatic amines is 1. The van der Waals surface area contributed by atoms with Gasteiger partial charge >= 0.3 is 6.09 Å². The van der Waals surface area contributed by atoms with Gasteiger partial charge in [-0.3, -0.25) is 4.79 Å². The lowest BCUT2D eigenvalue weighted by molar-refractivity contribution is 0.0294. The molecule has 2 atom stereocenters. The molecule has 18 heavy (non-hydrogen) atoms. The van der Waals surface area contributed by atoms with Crippen LogP contribution in [0, 0.1) is 0 Å². The number of aromatic nitrogens is 3. The van der Waals surface area contributed by atoms with E-state index in [2.05, 4.69) is 15.4 Å². The fraction of sp³-hybridized carbons (Fsp3) is 0.600. The van der Waals surface area contributed by atoms with Crippen molar-refractivity contribution >= 4 is 12.0 Å². The molecular weight excluding hydrogens is 238 g/mol. The number of rotatable bonds is 1. The quantitative estimate of drug-likeness (QED) is 0.734. The fourth-order valence-electron chi connectivity index (χ4n) is 2.32. The molecule has 2 N–H and O–H groups in total. The molecule has 0 aliphatic carbocycles. The standard InChI is InChI=1S/C10H15N5O3/c1-6-4-14(10(17)18)5-7(2)15(6)9(16)8-3-11-13-12-8/h3,6-7H,4-5H2,1-2H3,(H,17,18)(H,11,12,13)/t6-,7+. The number of hydrogen-bond acceptors (Lipinski definition) is 4. The van der Waals surface area contributed by atoms with Gasteiger partial charge in [-0.05, 0) is 13.8 Å². The number of piperazine rings is 1. The Bertz CT molecular complexity index is 434. The number of carbonyl (C=O) groups is 2. The van der Waals surface area contributed by atoms with E-state index >= 15 is 0 Å². The van der Waals surface area contributed by atoms with Crippen LogP contribution in [0.2, 0.25) is 0 Å². The maximum Gasteiger partial charge on any atom is 0.407 e. The molecule has 0 saturated carbocycles. The molecule has 1 aromatic heterocycles. The Kier molecular flexibility index (Phi) is 3.17. The second kappa shape index (κ2) is 4.63. The third kappa shape index (κ3) is 2.13. The van der Waals surface area contributed by atoms with Crippen molar-refractivity contribution < 1.29 is 14.7 Å². The minimum atomic E-state index is -0.956. The molecule has 1 saturated heterocycles. The summed E-state index contributed by atoms with van der Waals surface area (Å²) in [5.41, 5.74) is 0.248. The van der Waals surface area contributed by atoms with E-state index < -0.39 is 6.09 Å². The number of amides is 2. The van der Waals surface area contributed by atoms with E-state index in [9.17, 15) is 9.59 Å². The lowest BCUT2D eigenvalue weighted by Crippen LogP contribution is -2.59. The number of carboxylic acid groups (broad SMARTS) is 1. The molecule has 1 aromatic rings. The van der Waals surface area contributed by atoms with Crippen molar-refractivity contribution in [1.82, 2.24) is 25.2 Å². The van der Waals surface area contributed by atoms with Gasteiger partial charge in [-0.25, -0.2) is 4.79 Å². The summed E-state index contributed by atoms with van der Waals surface area (Å²) in [6, 6.07) is -0.372. The molecule has 1 aliphatic rings. The van der Waals surface area contributed by atoms with Crippen LogP contribution in [-0.4, -0.2) is 67.5 Å². The summed E-state index contributed by atoms with van der Waals surface area (Å²) in [5.74, 6) is -0.228. The van der Waals surface area contributed by atoms with Crippen molar-refractivity contribution in [3.05, 3.63) is 11.9 Å². The summed E-state index contributed by atoms with van der Waals surface area (Å²) in [6.07, 6.45) is 0.410. The number of H-pyrrole nitrogens is 1. The molecule has 98 valence electrons. The van der Waals surface area contributed by atoms with Gasteiger partial charge in [0.25, 0.3) is 5.91 Å². The maximum absolute atomic E-state index is 12.2. The van der Waals surface area contributed by atoms with E-state index in [4.69, 9.17) is 5.11 Å². The molecule has 2 amide bonds. The zero-order valence-electron chi connectivity index (χ0n) is 10.2. The second-order valence-corrected chi connectivity index (χ2v) is 4.45. The van der Waals surface area contributed by atoms with E-state index in [1.807, 2.05) is 13.8 Å². The van der Waals surface area contributed by atoms with Gasteiger partial charge in [0.15, 0.2) is 5.69 Å². The van der Waals surface area contributed by atoms with E-state index in [0.717, 1.165) is 0 Å². The van der Waals surface area contributed by atoms with Crippen LogP contribution in [0.4, 0.5) is 4.79 Å². The van der Waals surface area contributed by atoms with Crippen LogP contribution >= 0.6 is 0 Å². The predicted octanol–water partition coefficient (Wildman–Crippen LogP) is 0.0175. The van der Waals surface area contributed by atoms with Gasteiger partial charge in [0.1, 0.15) is 0 Å². The van der Waals surface area contributed by atoms with Crippen molar-refractivity contribution in [2.75, 3.05) is 13.1 Å². The first-order valence-electron chi connectivity index (χ1n) is 5.67. The Labute approximate surface area is 104 Å². The second-order valence-electron chi connectivity index (χ2n) is 4.45. The molecule has 1 aliphatic heterocycles. The van der Waals surface area contributed by atoms with Crippen molar-refractivity contribution in [2.45, 2.75) is 25.9 Å². The topological polar surface area (TPSA) is 102 Å². The molecule has 0 unspecified atom stereocenters. The highest BCUT2D eigenvalue weighted by Gasteiger charge is 2.35. The minimum Gasteiger partial charge on any atom is -0.465 e. The minimum absolute atomic E-state index is 0.186. The number of nitrogens with one attached hydrogen (secondary N) is 1. The molecule has 0 aromatic carbocycles. The van der Waals surface area contributed by atoms with Crippen molar-refractivity contribution in [1.29, 1.82) is 0 Å². The first kappa shape index (κ1) is 12.3. The highest BCUT2D eigenvalue weighted by molar-refractivity contribution is 5.92. The van der Waals surface area contributed by atoms with Crippen LogP contribution in [-0.2, 0) is 0 Å². The van der Waals surface area contributed by atoms with Gasteiger partial charge in [-0.2, -0.15) is 15.4 Å². The van der Waals surface area contributed by atoms with Gasteiger partial charge in [0.2, 0.25) is 0 Å². The Morgan fingerprint density at radius 2 is 2.00 bits per heavy atom. The average molecular weight is 253 g/mol. The summed E-state index contributed by atoms with van der Waals surface area (Å²) >= 11 is 0. The third-order valence-electron chi connectivity index (χ3n) is 3.06. The number of hydrogen-bond donors (Lipinski definition) is 2. The zero-order valence-corrected chi connectivity index (χ0v) is 10.2. The highest BCUT2D eigenvalue weighted by atomic mass is 16.4. The lowest BCUT2D eigenvalue weighted by atomic mass is 10.1. The molecule has 2 rings (SSSR count). The van der Waals surface area contributed by atoms with Crippen LogP contribution in [0.1, 0.15) is 24.3 Å². The Balaban J connectivity index is 2.15. The van der Waals surface area contributed by atoms with Crippen LogP contribution in [0.5, 0.6) is 0 Å². The van der Waals surface area contributed by atoms with E-state index in [0.29, 0.717) is 13.1 Å². The van der Waals surface area contributed by atoms with Gasteiger partial charge in [0.05, 0.1) is 6.20 Å². The van der Waals surface area contributed by atoms with Crippen molar-refractivity contribution in [3.8, 4) is 0 Å². The van der Waals surface area contributed by atoms with Crippen LogP contribution in [0.3, 0.4) is 0 Å². The summed E-state index contributed by atoms with van der Waals surface area (Å²) < 4.78 is 0. The first-order valence-corrected chi connectivity index (χ1v) is 5.67. The summed E-state index contributed by atoms with van der Waals surface area (Å²) in [5, 5.41) is 18.7. The molecular formula is C10H15N5O3. The molecule has 1 fully saturated rings. The first-order chi connectivity index (χ1) is 8.50. The Morgan fingerprint density at radius 1 is 1.39 bits per heavy atom. The Morgan fingerprint density at radius 3 is 2.44 bits per heavy atom. The normalized spacial score (nSPS) is 24.1. The Hall–Kier alpha value is -2.12. The van der Waals surface area contributed by atoms with Gasteiger partial charge < -0.3 is 14.9 Å². The van der Waals surface area contributed by atoms with E-state index in [1.165, 1.54) is 11.1 Å². The molecule has 0 spiro atoms. The molecule has 0 radical (unpaired) electrons. The number of carbonyl (C=O) groups excluding carboxylic acids is 1. The van der Waals surface area contributed by atoms with Gasteiger partial charge in [0, 0.05) is 25.2 Å². The maximum atomic E-state index is 12.2. The molecule has 2 heterocycles. The van der Waals surface area contributed by atoms with Crippen molar-refractivity contribution in [3.63, 3.8) is 0 Å². The lowest BCUT2D eigenvalue weighted by Gasteiger charge is -2.43. The summed E-state index contributed by atoms with van der Waals surface area (Å²) in [6.45, 7) is 4.26. The smallest absolute Gasteiger partial charge is 0.407 e. The molecule has 0 bridgehead atoms. The monoisotopic (exact) mass is 253 g/mol. The average Bonchev–Trinajstić information content (AvgIpc) is 2.80. The van der Waals surface area contributed by atoms with Gasteiger partial charge in [-0.1, -0.05) is 0 Å². The van der Waals surface area contributed by atoms with E-state index in [1.54, 1.807) is 4.90 Å². The zero-order chi connectivity index (χ0) is 13.3.